The van der Waals surface area contributed by atoms with E-state index in [1.165, 1.54) is 0 Å². The van der Waals surface area contributed by atoms with Gasteiger partial charge in [0.25, 0.3) is 0 Å². The van der Waals surface area contributed by atoms with Gasteiger partial charge in [-0.2, -0.15) is 0 Å². The Morgan fingerprint density at radius 2 is 1.94 bits per heavy atom. The molecule has 18 heavy (non-hydrogen) atoms. The van der Waals surface area contributed by atoms with Gasteiger partial charge in [0.2, 0.25) is 0 Å². The molecule has 3 nitrogen and oxygen atoms in total. The van der Waals surface area contributed by atoms with E-state index in [2.05, 4.69) is 25.8 Å². The second-order valence-corrected chi connectivity index (χ2v) is 6.87. The van der Waals surface area contributed by atoms with Crippen LogP contribution in [0.4, 0.5) is 0 Å². The van der Waals surface area contributed by atoms with Gasteiger partial charge in [0.1, 0.15) is 10.7 Å². The molecule has 1 aromatic heterocycles. The van der Waals surface area contributed by atoms with Crippen molar-refractivity contribution in [1.29, 1.82) is 0 Å². The molecule has 0 spiro atoms. The van der Waals surface area contributed by atoms with E-state index in [1.807, 2.05) is 24.3 Å². The lowest BCUT2D eigenvalue weighted by Gasteiger charge is -2.18. The molecule has 94 valence electrons. The molecular weight excluding hydrogens is 246 g/mol. The van der Waals surface area contributed by atoms with E-state index in [1.54, 1.807) is 17.8 Å². The standard InChI is InChI=1S/C14H15NO2S/c1-14(2,3)18-12-10-7-5-4-6-9(10)8-11(15-12)13(16)17/h4-8H,1-3H3,(H,16,17). The van der Waals surface area contributed by atoms with E-state index in [0.29, 0.717) is 0 Å². The molecular formula is C14H15NO2S. The summed E-state index contributed by atoms with van der Waals surface area (Å²) >= 11 is 1.59. The maximum Gasteiger partial charge on any atom is 0.354 e. The quantitative estimate of drug-likeness (QED) is 0.835. The third-order valence-electron chi connectivity index (χ3n) is 2.33. The van der Waals surface area contributed by atoms with Crippen LogP contribution in [-0.2, 0) is 0 Å². The zero-order valence-electron chi connectivity index (χ0n) is 10.6. The summed E-state index contributed by atoms with van der Waals surface area (Å²) in [4.78, 5) is 15.3. The number of carbonyl (C=O) groups is 1. The Bertz CT molecular complexity index is 602. The smallest absolute Gasteiger partial charge is 0.354 e. The van der Waals surface area contributed by atoms with E-state index in [4.69, 9.17) is 5.11 Å². The van der Waals surface area contributed by atoms with Crippen LogP contribution in [0.5, 0.6) is 0 Å². The molecule has 0 aliphatic rings. The summed E-state index contributed by atoms with van der Waals surface area (Å²) in [5, 5.41) is 11.8. The van der Waals surface area contributed by atoms with Crippen molar-refractivity contribution in [3.8, 4) is 0 Å². The molecule has 0 fully saturated rings. The molecule has 1 N–H and O–H groups in total. The van der Waals surface area contributed by atoms with Crippen LogP contribution in [0.25, 0.3) is 10.8 Å². The lowest BCUT2D eigenvalue weighted by molar-refractivity contribution is 0.0690. The molecule has 4 heteroatoms. The van der Waals surface area contributed by atoms with Gasteiger partial charge in [0.15, 0.2) is 0 Å². The van der Waals surface area contributed by atoms with Gasteiger partial charge < -0.3 is 5.11 Å². The highest BCUT2D eigenvalue weighted by molar-refractivity contribution is 8.00. The number of benzene rings is 1. The molecule has 0 radical (unpaired) electrons. The van der Waals surface area contributed by atoms with Crippen LogP contribution in [0, 0.1) is 0 Å². The Kier molecular flexibility index (Phi) is 3.30. The minimum Gasteiger partial charge on any atom is -0.477 e. The summed E-state index contributed by atoms with van der Waals surface area (Å²) < 4.78 is -0.00705. The first kappa shape index (κ1) is 12.9. The lowest BCUT2D eigenvalue weighted by atomic mass is 10.1. The predicted molar refractivity (Wildman–Crippen MR) is 74.3 cm³/mol. The largest absolute Gasteiger partial charge is 0.477 e. The van der Waals surface area contributed by atoms with Crippen molar-refractivity contribution >= 4 is 28.5 Å². The predicted octanol–water partition coefficient (Wildman–Crippen LogP) is 3.82. The fraction of sp³-hybridized carbons (Fsp3) is 0.286. The molecule has 0 unspecified atom stereocenters. The summed E-state index contributed by atoms with van der Waals surface area (Å²) in [5.41, 5.74) is 0.0976. The maximum absolute atomic E-state index is 11.1. The maximum atomic E-state index is 11.1. The number of aromatic carboxylic acids is 1. The minimum atomic E-state index is -0.989. The zero-order valence-corrected chi connectivity index (χ0v) is 11.4. The number of pyridine rings is 1. The molecule has 0 aliphatic heterocycles. The number of carboxylic acids is 1. The van der Waals surface area contributed by atoms with E-state index in [9.17, 15) is 4.79 Å². The van der Waals surface area contributed by atoms with Gasteiger partial charge in [-0.25, -0.2) is 9.78 Å². The van der Waals surface area contributed by atoms with Crippen LogP contribution in [0.1, 0.15) is 31.3 Å². The summed E-state index contributed by atoms with van der Waals surface area (Å²) in [6, 6.07) is 9.35. The Morgan fingerprint density at radius 3 is 2.56 bits per heavy atom. The van der Waals surface area contributed by atoms with Crippen LogP contribution in [0.3, 0.4) is 0 Å². The monoisotopic (exact) mass is 261 g/mol. The summed E-state index contributed by atoms with van der Waals surface area (Å²) in [7, 11) is 0. The van der Waals surface area contributed by atoms with E-state index in [-0.39, 0.29) is 10.4 Å². The lowest BCUT2D eigenvalue weighted by Crippen LogP contribution is -2.09. The van der Waals surface area contributed by atoms with Gasteiger partial charge in [0.05, 0.1) is 0 Å². The molecule has 0 amide bonds. The Morgan fingerprint density at radius 1 is 1.28 bits per heavy atom. The molecule has 0 aliphatic carbocycles. The highest BCUT2D eigenvalue weighted by Gasteiger charge is 2.17. The zero-order chi connectivity index (χ0) is 13.3. The number of aromatic nitrogens is 1. The summed E-state index contributed by atoms with van der Waals surface area (Å²) in [6.07, 6.45) is 0. The SMILES string of the molecule is CC(C)(C)Sc1nc(C(=O)O)cc2ccccc12. The van der Waals surface area contributed by atoms with Crippen LogP contribution in [-0.4, -0.2) is 20.8 Å². The second-order valence-electron chi connectivity index (χ2n) is 5.05. The van der Waals surface area contributed by atoms with Crippen molar-refractivity contribution in [2.24, 2.45) is 0 Å². The number of nitrogens with zero attached hydrogens (tertiary/aromatic N) is 1. The molecule has 0 atom stereocenters. The first-order chi connectivity index (χ1) is 8.37. The molecule has 2 rings (SSSR count). The molecule has 0 saturated heterocycles. The first-order valence-electron chi connectivity index (χ1n) is 5.69. The van der Waals surface area contributed by atoms with Crippen molar-refractivity contribution in [2.75, 3.05) is 0 Å². The summed E-state index contributed by atoms with van der Waals surface area (Å²) in [6.45, 7) is 6.25. The third kappa shape index (κ3) is 2.82. The number of rotatable bonds is 2. The fourth-order valence-electron chi connectivity index (χ4n) is 1.64. The second kappa shape index (κ2) is 4.61. The molecule has 1 heterocycles. The topological polar surface area (TPSA) is 50.2 Å². The van der Waals surface area contributed by atoms with Gasteiger partial charge in [-0.15, -0.1) is 0 Å². The molecule has 0 bridgehead atoms. The minimum absolute atomic E-state index is 0.00705. The van der Waals surface area contributed by atoms with Crippen LogP contribution in [0.2, 0.25) is 0 Å². The Balaban J connectivity index is 2.64. The van der Waals surface area contributed by atoms with Crippen molar-refractivity contribution in [2.45, 2.75) is 30.5 Å². The van der Waals surface area contributed by atoms with Gasteiger partial charge in [0, 0.05) is 10.1 Å². The highest BCUT2D eigenvalue weighted by Crippen LogP contribution is 2.35. The Labute approximate surface area is 110 Å². The van der Waals surface area contributed by atoms with Gasteiger partial charge in [-0.1, -0.05) is 56.8 Å². The van der Waals surface area contributed by atoms with Gasteiger partial charge in [-0.3, -0.25) is 0 Å². The number of fused-ring (bicyclic) bond motifs is 1. The third-order valence-corrected chi connectivity index (χ3v) is 3.44. The van der Waals surface area contributed by atoms with E-state index >= 15 is 0 Å². The molecule has 1 aromatic carbocycles. The van der Waals surface area contributed by atoms with Crippen molar-refractivity contribution in [3.63, 3.8) is 0 Å². The first-order valence-corrected chi connectivity index (χ1v) is 6.50. The van der Waals surface area contributed by atoms with Crippen LogP contribution in [0.15, 0.2) is 35.4 Å². The average Bonchev–Trinajstić information content (AvgIpc) is 2.26. The van der Waals surface area contributed by atoms with Gasteiger partial charge >= 0.3 is 5.97 Å². The van der Waals surface area contributed by atoms with E-state index in [0.717, 1.165) is 15.8 Å². The van der Waals surface area contributed by atoms with Crippen LogP contribution >= 0.6 is 11.8 Å². The Hall–Kier alpha value is -1.55. The number of hydrogen-bond acceptors (Lipinski definition) is 3. The number of carboxylic acid groups (broad SMARTS) is 1. The van der Waals surface area contributed by atoms with Crippen molar-refractivity contribution < 1.29 is 9.90 Å². The fourth-order valence-corrected chi connectivity index (χ4v) is 2.66. The van der Waals surface area contributed by atoms with Gasteiger partial charge in [-0.05, 0) is 11.5 Å². The van der Waals surface area contributed by atoms with E-state index < -0.39 is 5.97 Å². The van der Waals surface area contributed by atoms with Crippen molar-refractivity contribution in [3.05, 3.63) is 36.0 Å². The summed E-state index contributed by atoms with van der Waals surface area (Å²) in [5.74, 6) is -0.989. The normalized spacial score (nSPS) is 11.7. The van der Waals surface area contributed by atoms with Crippen LogP contribution < -0.4 is 0 Å². The number of hydrogen-bond donors (Lipinski definition) is 1. The number of thioether (sulfide) groups is 1. The molecule has 0 saturated carbocycles. The average molecular weight is 261 g/mol. The molecule has 2 aromatic rings. The highest BCUT2D eigenvalue weighted by atomic mass is 32.2. The van der Waals surface area contributed by atoms with Crippen molar-refractivity contribution in [1.82, 2.24) is 4.98 Å².